The first kappa shape index (κ1) is 14.0. The minimum atomic E-state index is 0.601. The third kappa shape index (κ3) is 3.53. The summed E-state index contributed by atoms with van der Waals surface area (Å²) in [5.74, 6) is 1.43. The molecule has 19 heavy (non-hydrogen) atoms. The van der Waals surface area contributed by atoms with Gasteiger partial charge in [-0.05, 0) is 51.9 Å². The summed E-state index contributed by atoms with van der Waals surface area (Å²) in [5.41, 5.74) is 6.63. The molecule has 0 amide bonds. The first-order chi connectivity index (χ1) is 9.22. The van der Waals surface area contributed by atoms with E-state index in [9.17, 15) is 0 Å². The van der Waals surface area contributed by atoms with Crippen LogP contribution in [0.4, 0.5) is 5.69 Å². The standard InChI is InChI=1S/C15H24N2O2/c1-3-18-13-7-4-8-14(15(13)16)19-11-9-12-6-5-10-17(12)2/h4,7-8,12H,3,5-6,9-11,16H2,1-2H3. The van der Waals surface area contributed by atoms with Gasteiger partial charge in [-0.3, -0.25) is 0 Å². The van der Waals surface area contributed by atoms with E-state index in [1.807, 2.05) is 25.1 Å². The zero-order valence-corrected chi connectivity index (χ0v) is 11.9. The van der Waals surface area contributed by atoms with Crippen molar-refractivity contribution >= 4 is 5.69 Å². The number of rotatable bonds is 6. The molecule has 2 N–H and O–H groups in total. The average Bonchev–Trinajstić information content (AvgIpc) is 2.80. The lowest BCUT2D eigenvalue weighted by Crippen LogP contribution is -2.26. The number of benzene rings is 1. The molecular weight excluding hydrogens is 240 g/mol. The van der Waals surface area contributed by atoms with Crippen LogP contribution in [0.1, 0.15) is 26.2 Å². The molecule has 1 heterocycles. The van der Waals surface area contributed by atoms with Crippen molar-refractivity contribution in [2.24, 2.45) is 0 Å². The van der Waals surface area contributed by atoms with Crippen LogP contribution in [0.3, 0.4) is 0 Å². The van der Waals surface area contributed by atoms with Crippen LogP contribution in [0.25, 0.3) is 0 Å². The first-order valence-corrected chi connectivity index (χ1v) is 7.06. The van der Waals surface area contributed by atoms with Gasteiger partial charge in [-0.15, -0.1) is 0 Å². The van der Waals surface area contributed by atoms with Crippen LogP contribution in [0.2, 0.25) is 0 Å². The number of hydrogen-bond donors (Lipinski definition) is 1. The highest BCUT2D eigenvalue weighted by Gasteiger charge is 2.20. The van der Waals surface area contributed by atoms with Gasteiger partial charge in [0.15, 0.2) is 0 Å². The third-order valence-corrected chi connectivity index (χ3v) is 3.71. The molecule has 0 spiro atoms. The van der Waals surface area contributed by atoms with Gasteiger partial charge in [0.05, 0.1) is 13.2 Å². The molecule has 1 aromatic carbocycles. The van der Waals surface area contributed by atoms with E-state index >= 15 is 0 Å². The summed E-state index contributed by atoms with van der Waals surface area (Å²) >= 11 is 0. The van der Waals surface area contributed by atoms with Gasteiger partial charge in [0.25, 0.3) is 0 Å². The quantitative estimate of drug-likeness (QED) is 0.802. The third-order valence-electron chi connectivity index (χ3n) is 3.71. The van der Waals surface area contributed by atoms with E-state index in [0.717, 1.165) is 12.2 Å². The minimum absolute atomic E-state index is 0.601. The minimum Gasteiger partial charge on any atom is -0.492 e. The molecule has 4 nitrogen and oxygen atoms in total. The number of ether oxygens (including phenoxy) is 2. The van der Waals surface area contributed by atoms with Crippen molar-refractivity contribution in [2.45, 2.75) is 32.2 Å². The maximum Gasteiger partial charge on any atom is 0.146 e. The fourth-order valence-corrected chi connectivity index (χ4v) is 2.58. The van der Waals surface area contributed by atoms with Crippen LogP contribution in [-0.4, -0.2) is 37.7 Å². The molecule has 1 aliphatic heterocycles. The van der Waals surface area contributed by atoms with Crippen molar-refractivity contribution in [3.63, 3.8) is 0 Å². The second-order valence-electron chi connectivity index (χ2n) is 5.01. The summed E-state index contributed by atoms with van der Waals surface area (Å²) in [6.07, 6.45) is 3.62. The number of para-hydroxylation sites is 1. The number of hydrogen-bond acceptors (Lipinski definition) is 4. The molecule has 4 heteroatoms. The lowest BCUT2D eigenvalue weighted by atomic mass is 10.1. The molecule has 0 aliphatic carbocycles. The summed E-state index contributed by atoms with van der Waals surface area (Å²) < 4.78 is 11.3. The molecule has 106 valence electrons. The molecule has 2 rings (SSSR count). The fourth-order valence-electron chi connectivity index (χ4n) is 2.58. The normalized spacial score (nSPS) is 19.6. The second-order valence-corrected chi connectivity index (χ2v) is 5.01. The highest BCUT2D eigenvalue weighted by Crippen LogP contribution is 2.31. The van der Waals surface area contributed by atoms with E-state index in [2.05, 4.69) is 11.9 Å². The number of anilines is 1. The molecule has 1 aromatic rings. The predicted molar refractivity (Wildman–Crippen MR) is 77.8 cm³/mol. The zero-order chi connectivity index (χ0) is 13.7. The van der Waals surface area contributed by atoms with Crippen LogP contribution in [-0.2, 0) is 0 Å². The van der Waals surface area contributed by atoms with Gasteiger partial charge in [0.2, 0.25) is 0 Å². The Balaban J connectivity index is 1.87. The smallest absolute Gasteiger partial charge is 0.146 e. The van der Waals surface area contributed by atoms with Crippen molar-refractivity contribution in [3.05, 3.63) is 18.2 Å². The van der Waals surface area contributed by atoms with Gasteiger partial charge in [-0.1, -0.05) is 6.07 Å². The van der Waals surface area contributed by atoms with E-state index < -0.39 is 0 Å². The van der Waals surface area contributed by atoms with Crippen molar-refractivity contribution in [2.75, 3.05) is 32.5 Å². The van der Waals surface area contributed by atoms with Gasteiger partial charge in [0, 0.05) is 6.04 Å². The molecular formula is C15H24N2O2. The van der Waals surface area contributed by atoms with E-state index in [4.69, 9.17) is 15.2 Å². The first-order valence-electron chi connectivity index (χ1n) is 7.06. The van der Waals surface area contributed by atoms with Gasteiger partial charge >= 0.3 is 0 Å². The summed E-state index contributed by atoms with van der Waals surface area (Å²) in [4.78, 5) is 2.41. The lowest BCUT2D eigenvalue weighted by molar-refractivity contribution is 0.233. The fraction of sp³-hybridized carbons (Fsp3) is 0.600. The van der Waals surface area contributed by atoms with Crippen LogP contribution in [0.15, 0.2) is 18.2 Å². The maximum absolute atomic E-state index is 6.03. The van der Waals surface area contributed by atoms with Crippen molar-refractivity contribution < 1.29 is 9.47 Å². The van der Waals surface area contributed by atoms with Gasteiger partial charge in [-0.2, -0.15) is 0 Å². The number of nitrogen functional groups attached to an aromatic ring is 1. The summed E-state index contributed by atoms with van der Waals surface area (Å²) in [6, 6.07) is 6.33. The van der Waals surface area contributed by atoms with Gasteiger partial charge in [-0.25, -0.2) is 0 Å². The van der Waals surface area contributed by atoms with Crippen LogP contribution in [0.5, 0.6) is 11.5 Å². The Hall–Kier alpha value is -1.42. The van der Waals surface area contributed by atoms with Gasteiger partial charge in [0.1, 0.15) is 17.2 Å². The average molecular weight is 264 g/mol. The zero-order valence-electron chi connectivity index (χ0n) is 11.9. The van der Waals surface area contributed by atoms with Crippen molar-refractivity contribution in [1.82, 2.24) is 4.90 Å². The molecule has 1 saturated heterocycles. The Morgan fingerprint density at radius 2 is 2.05 bits per heavy atom. The molecule has 1 unspecified atom stereocenters. The van der Waals surface area contributed by atoms with E-state index in [-0.39, 0.29) is 0 Å². The highest BCUT2D eigenvalue weighted by molar-refractivity contribution is 5.62. The molecule has 0 saturated carbocycles. The Morgan fingerprint density at radius 1 is 1.32 bits per heavy atom. The van der Waals surface area contributed by atoms with Crippen LogP contribution < -0.4 is 15.2 Å². The van der Waals surface area contributed by atoms with E-state index in [0.29, 0.717) is 30.7 Å². The number of likely N-dealkylation sites (tertiary alicyclic amines) is 1. The highest BCUT2D eigenvalue weighted by atomic mass is 16.5. The van der Waals surface area contributed by atoms with Crippen molar-refractivity contribution in [3.8, 4) is 11.5 Å². The monoisotopic (exact) mass is 264 g/mol. The molecule has 1 aliphatic rings. The molecule has 0 bridgehead atoms. The number of nitrogens with two attached hydrogens (primary N) is 1. The Bertz CT molecular complexity index is 409. The summed E-state index contributed by atoms with van der Waals surface area (Å²) in [7, 11) is 2.18. The maximum atomic E-state index is 6.03. The van der Waals surface area contributed by atoms with Crippen LogP contribution in [0, 0.1) is 0 Å². The largest absolute Gasteiger partial charge is 0.492 e. The molecule has 1 fully saturated rings. The van der Waals surface area contributed by atoms with E-state index in [1.165, 1.54) is 19.4 Å². The SMILES string of the molecule is CCOc1cccc(OCCC2CCCN2C)c1N. The topological polar surface area (TPSA) is 47.7 Å². The molecule has 0 aromatic heterocycles. The predicted octanol–water partition coefficient (Wildman–Crippen LogP) is 2.53. The van der Waals surface area contributed by atoms with Crippen molar-refractivity contribution in [1.29, 1.82) is 0 Å². The molecule has 0 radical (unpaired) electrons. The van der Waals surface area contributed by atoms with Crippen LogP contribution >= 0.6 is 0 Å². The number of nitrogens with zero attached hydrogens (tertiary/aromatic N) is 1. The van der Waals surface area contributed by atoms with Gasteiger partial charge < -0.3 is 20.1 Å². The lowest BCUT2D eigenvalue weighted by Gasteiger charge is -2.19. The Labute approximate surface area is 115 Å². The second kappa shape index (κ2) is 6.66. The Kier molecular flexibility index (Phi) is 4.91. The summed E-state index contributed by atoms with van der Waals surface area (Å²) in [6.45, 7) is 4.46. The van der Waals surface area contributed by atoms with E-state index in [1.54, 1.807) is 0 Å². The summed E-state index contributed by atoms with van der Waals surface area (Å²) in [5, 5.41) is 0. The Morgan fingerprint density at radius 3 is 2.68 bits per heavy atom. The molecule has 1 atom stereocenters.